The molecule has 1 unspecified atom stereocenters. The van der Waals surface area contributed by atoms with Gasteiger partial charge in [0.15, 0.2) is 0 Å². The lowest BCUT2D eigenvalue weighted by Gasteiger charge is -2.24. The fourth-order valence-electron chi connectivity index (χ4n) is 1.92. The van der Waals surface area contributed by atoms with E-state index in [1.54, 1.807) is 0 Å². The van der Waals surface area contributed by atoms with Gasteiger partial charge in [0.1, 0.15) is 5.78 Å². The van der Waals surface area contributed by atoms with Gasteiger partial charge in [-0.05, 0) is 11.6 Å². The van der Waals surface area contributed by atoms with Crippen LogP contribution in [-0.4, -0.2) is 12.4 Å². The van der Waals surface area contributed by atoms with Crippen LogP contribution >= 0.6 is 0 Å². The Morgan fingerprint density at radius 1 is 1.24 bits per heavy atom. The minimum absolute atomic E-state index is 0.0209. The van der Waals surface area contributed by atoms with Gasteiger partial charge in [-0.2, -0.15) is 13.2 Å². The average molecular weight is 244 g/mol. The fourth-order valence-corrected chi connectivity index (χ4v) is 1.92. The zero-order valence-corrected chi connectivity index (χ0v) is 8.96. The number of halogens is 3. The molecular weight excluding hydrogens is 233 g/mol. The predicted octanol–water partition coefficient (Wildman–Crippen LogP) is 3.13. The Bertz CT molecular complexity index is 426. The third-order valence-electron chi connectivity index (χ3n) is 2.73. The quantitative estimate of drug-likeness (QED) is 0.758. The molecule has 1 aromatic rings. The normalized spacial score (nSPS) is 21.6. The van der Waals surface area contributed by atoms with Gasteiger partial charge in [-0.3, -0.25) is 4.79 Å². The molecule has 0 radical (unpaired) electrons. The Labute approximate surface area is 96.4 Å². The van der Waals surface area contributed by atoms with E-state index in [4.69, 9.17) is 4.74 Å². The van der Waals surface area contributed by atoms with Crippen LogP contribution in [0.15, 0.2) is 24.3 Å². The molecule has 5 heteroatoms. The van der Waals surface area contributed by atoms with E-state index in [9.17, 15) is 18.0 Å². The molecule has 1 fully saturated rings. The van der Waals surface area contributed by atoms with Crippen molar-refractivity contribution in [2.75, 3.05) is 6.61 Å². The number of benzene rings is 1. The molecule has 2 rings (SSSR count). The Morgan fingerprint density at radius 3 is 2.59 bits per heavy atom. The maximum Gasteiger partial charge on any atom is 0.416 e. The van der Waals surface area contributed by atoms with Crippen LogP contribution in [0, 0.1) is 0 Å². The highest BCUT2D eigenvalue weighted by Gasteiger charge is 2.36. The number of ether oxygens (including phenoxy) is 1. The Balaban J connectivity index is 2.34. The summed E-state index contributed by atoms with van der Waals surface area (Å²) in [5, 5.41) is 0. The summed E-state index contributed by atoms with van der Waals surface area (Å²) in [7, 11) is 0. The van der Waals surface area contributed by atoms with E-state index in [0.717, 1.165) is 6.07 Å². The highest BCUT2D eigenvalue weighted by molar-refractivity contribution is 5.79. The maximum absolute atomic E-state index is 12.8. The molecule has 0 spiro atoms. The van der Waals surface area contributed by atoms with Crippen LogP contribution in [0.2, 0.25) is 0 Å². The van der Waals surface area contributed by atoms with Gasteiger partial charge in [-0.1, -0.05) is 18.2 Å². The SMILES string of the molecule is O=C1CCOC(c2ccccc2C(F)(F)F)C1. The van der Waals surface area contributed by atoms with Gasteiger partial charge in [0.05, 0.1) is 18.3 Å². The molecule has 2 nitrogen and oxygen atoms in total. The number of hydrogen-bond donors (Lipinski definition) is 0. The van der Waals surface area contributed by atoms with Gasteiger partial charge >= 0.3 is 6.18 Å². The average Bonchev–Trinajstić information content (AvgIpc) is 2.28. The third kappa shape index (κ3) is 2.66. The standard InChI is InChI=1S/C12H11F3O2/c13-12(14,15)10-4-2-1-3-9(10)11-7-8(16)5-6-17-11/h1-4,11H,5-7H2. The van der Waals surface area contributed by atoms with Crippen molar-refractivity contribution in [1.29, 1.82) is 0 Å². The van der Waals surface area contributed by atoms with E-state index in [-0.39, 0.29) is 30.8 Å². The second-order valence-electron chi connectivity index (χ2n) is 3.94. The first-order chi connectivity index (χ1) is 7.98. The molecule has 0 amide bonds. The molecular formula is C12H11F3O2. The van der Waals surface area contributed by atoms with Gasteiger partial charge in [-0.25, -0.2) is 0 Å². The first kappa shape index (κ1) is 12.1. The monoisotopic (exact) mass is 244 g/mol. The molecule has 17 heavy (non-hydrogen) atoms. The summed E-state index contributed by atoms with van der Waals surface area (Å²) in [4.78, 5) is 11.2. The van der Waals surface area contributed by atoms with Crippen molar-refractivity contribution in [2.24, 2.45) is 0 Å². The van der Waals surface area contributed by atoms with Crippen LogP contribution in [0.5, 0.6) is 0 Å². The van der Waals surface area contributed by atoms with Crippen LogP contribution in [0.4, 0.5) is 13.2 Å². The van der Waals surface area contributed by atoms with Gasteiger partial charge < -0.3 is 4.74 Å². The number of carbonyl (C=O) groups is 1. The van der Waals surface area contributed by atoms with Gasteiger partial charge in [0.2, 0.25) is 0 Å². The zero-order chi connectivity index (χ0) is 12.5. The van der Waals surface area contributed by atoms with Gasteiger partial charge in [-0.15, -0.1) is 0 Å². The highest BCUT2D eigenvalue weighted by Crippen LogP contribution is 2.37. The van der Waals surface area contributed by atoms with E-state index in [0.29, 0.717) is 0 Å². The van der Waals surface area contributed by atoms with Crippen LogP contribution in [0.3, 0.4) is 0 Å². The lowest BCUT2D eigenvalue weighted by Crippen LogP contribution is -2.22. The Hall–Kier alpha value is -1.36. The lowest BCUT2D eigenvalue weighted by atomic mass is 9.96. The summed E-state index contributed by atoms with van der Waals surface area (Å²) in [5.74, 6) is -0.0572. The van der Waals surface area contributed by atoms with Crippen LogP contribution < -0.4 is 0 Å². The second kappa shape index (κ2) is 4.49. The number of alkyl halides is 3. The highest BCUT2D eigenvalue weighted by atomic mass is 19.4. The van der Waals surface area contributed by atoms with Crippen molar-refractivity contribution in [1.82, 2.24) is 0 Å². The molecule has 1 aromatic carbocycles. The first-order valence-corrected chi connectivity index (χ1v) is 5.28. The number of rotatable bonds is 1. The molecule has 0 saturated carbocycles. The topological polar surface area (TPSA) is 26.3 Å². The molecule has 1 aliphatic heterocycles. The summed E-state index contributed by atoms with van der Waals surface area (Å²) in [6.45, 7) is 0.190. The van der Waals surface area contributed by atoms with Crippen molar-refractivity contribution in [2.45, 2.75) is 25.1 Å². The molecule has 0 aromatic heterocycles. The number of carbonyl (C=O) groups excluding carboxylic acids is 1. The van der Waals surface area contributed by atoms with Crippen LogP contribution in [0.25, 0.3) is 0 Å². The van der Waals surface area contributed by atoms with Crippen LogP contribution in [0.1, 0.15) is 30.1 Å². The summed E-state index contributed by atoms with van der Waals surface area (Å²) >= 11 is 0. The summed E-state index contributed by atoms with van der Waals surface area (Å²) < 4.78 is 43.5. The largest absolute Gasteiger partial charge is 0.416 e. The Kier molecular flexibility index (Phi) is 3.19. The van der Waals surface area contributed by atoms with E-state index < -0.39 is 17.8 Å². The molecule has 92 valence electrons. The number of ketones is 1. The van der Waals surface area contributed by atoms with E-state index in [1.807, 2.05) is 0 Å². The minimum atomic E-state index is -4.42. The molecule has 1 atom stereocenters. The van der Waals surface area contributed by atoms with Gasteiger partial charge in [0, 0.05) is 12.8 Å². The lowest BCUT2D eigenvalue weighted by molar-refractivity contribution is -0.142. The molecule has 0 bridgehead atoms. The third-order valence-corrected chi connectivity index (χ3v) is 2.73. The molecule has 0 N–H and O–H groups in total. The Morgan fingerprint density at radius 2 is 1.94 bits per heavy atom. The van der Waals surface area contributed by atoms with Crippen molar-refractivity contribution in [3.63, 3.8) is 0 Å². The zero-order valence-electron chi connectivity index (χ0n) is 8.96. The van der Waals surface area contributed by atoms with Crippen molar-refractivity contribution < 1.29 is 22.7 Å². The minimum Gasteiger partial charge on any atom is -0.373 e. The van der Waals surface area contributed by atoms with Crippen LogP contribution in [-0.2, 0) is 15.7 Å². The summed E-state index contributed by atoms with van der Waals surface area (Å²) in [6, 6.07) is 5.23. The van der Waals surface area contributed by atoms with Gasteiger partial charge in [0.25, 0.3) is 0 Å². The number of hydrogen-bond acceptors (Lipinski definition) is 2. The van der Waals surface area contributed by atoms with E-state index >= 15 is 0 Å². The molecule has 1 heterocycles. The van der Waals surface area contributed by atoms with Crippen molar-refractivity contribution >= 4 is 5.78 Å². The fraction of sp³-hybridized carbons (Fsp3) is 0.417. The smallest absolute Gasteiger partial charge is 0.373 e. The van der Waals surface area contributed by atoms with Crippen molar-refractivity contribution in [3.8, 4) is 0 Å². The summed E-state index contributed by atoms with van der Waals surface area (Å²) in [6.07, 6.45) is -4.88. The predicted molar refractivity (Wildman–Crippen MR) is 54.4 cm³/mol. The maximum atomic E-state index is 12.8. The second-order valence-corrected chi connectivity index (χ2v) is 3.94. The van der Waals surface area contributed by atoms with E-state index in [2.05, 4.69) is 0 Å². The molecule has 0 aliphatic carbocycles. The first-order valence-electron chi connectivity index (χ1n) is 5.28. The molecule has 1 aliphatic rings. The molecule has 1 saturated heterocycles. The number of Topliss-reactive ketones (excluding diaryl/α,β-unsaturated/α-hetero) is 1. The summed E-state index contributed by atoms with van der Waals surface area (Å²) in [5.41, 5.74) is -0.673. The van der Waals surface area contributed by atoms with E-state index in [1.165, 1.54) is 18.2 Å². The van der Waals surface area contributed by atoms with Crippen molar-refractivity contribution in [3.05, 3.63) is 35.4 Å².